The number of hydrogen-bond donors (Lipinski definition) is 1. The van der Waals surface area contributed by atoms with E-state index in [1.807, 2.05) is 13.8 Å². The monoisotopic (exact) mass is 290 g/mol. The van der Waals surface area contributed by atoms with E-state index < -0.39 is 0 Å². The van der Waals surface area contributed by atoms with E-state index in [2.05, 4.69) is 11.9 Å². The van der Waals surface area contributed by atoms with Crippen molar-refractivity contribution < 1.29 is 14.3 Å². The van der Waals surface area contributed by atoms with E-state index in [0.29, 0.717) is 12.2 Å². The Balaban J connectivity index is 2.78. The van der Waals surface area contributed by atoms with Crippen molar-refractivity contribution in [3.05, 3.63) is 36.9 Å². The van der Waals surface area contributed by atoms with Crippen molar-refractivity contribution in [2.45, 2.75) is 26.9 Å². The predicted octanol–water partition coefficient (Wildman–Crippen LogP) is 2.13. The van der Waals surface area contributed by atoms with Crippen LogP contribution >= 0.6 is 0 Å². The lowest BCUT2D eigenvalue weighted by Crippen LogP contribution is -2.39. The van der Waals surface area contributed by atoms with Crippen molar-refractivity contribution in [2.24, 2.45) is 0 Å². The zero-order chi connectivity index (χ0) is 15.8. The van der Waals surface area contributed by atoms with Gasteiger partial charge in [-0.3, -0.25) is 9.59 Å². The van der Waals surface area contributed by atoms with E-state index >= 15 is 0 Å². The summed E-state index contributed by atoms with van der Waals surface area (Å²) in [5.41, 5.74) is 0.660. The molecule has 0 aliphatic carbocycles. The first-order valence-electron chi connectivity index (χ1n) is 6.86. The molecular formula is C16H22N2O3. The van der Waals surface area contributed by atoms with Crippen molar-refractivity contribution in [3.8, 4) is 5.75 Å². The molecular weight excluding hydrogens is 268 g/mol. The van der Waals surface area contributed by atoms with Crippen LogP contribution in [-0.2, 0) is 9.59 Å². The van der Waals surface area contributed by atoms with Crippen LogP contribution < -0.4 is 15.0 Å². The molecule has 0 aliphatic rings. The van der Waals surface area contributed by atoms with Crippen LogP contribution in [0.25, 0.3) is 0 Å². The summed E-state index contributed by atoms with van der Waals surface area (Å²) >= 11 is 0. The average Bonchev–Trinajstić information content (AvgIpc) is 2.42. The molecule has 0 fully saturated rings. The molecule has 1 aromatic carbocycles. The van der Waals surface area contributed by atoms with Gasteiger partial charge in [-0.1, -0.05) is 6.08 Å². The number of anilines is 1. The quantitative estimate of drug-likeness (QED) is 0.783. The smallest absolute Gasteiger partial charge is 0.240 e. The Morgan fingerprint density at radius 2 is 1.95 bits per heavy atom. The number of carbonyl (C=O) groups is 2. The van der Waals surface area contributed by atoms with Gasteiger partial charge in [-0.15, -0.1) is 6.58 Å². The third-order valence-electron chi connectivity index (χ3n) is 2.65. The molecule has 0 radical (unpaired) electrons. The predicted molar refractivity (Wildman–Crippen MR) is 83.4 cm³/mol. The molecule has 0 saturated carbocycles. The summed E-state index contributed by atoms with van der Waals surface area (Å²) in [5.74, 6) is 0.308. The van der Waals surface area contributed by atoms with Crippen molar-refractivity contribution in [3.63, 3.8) is 0 Å². The minimum absolute atomic E-state index is 0.0203. The van der Waals surface area contributed by atoms with Gasteiger partial charge in [-0.05, 0) is 38.1 Å². The SMILES string of the molecule is C=CCNC(=O)CN(C(C)=O)c1ccc(OC(C)C)cc1. The Morgan fingerprint density at radius 3 is 2.43 bits per heavy atom. The van der Waals surface area contributed by atoms with Gasteiger partial charge in [0.15, 0.2) is 0 Å². The molecule has 0 atom stereocenters. The van der Waals surface area contributed by atoms with Crippen LogP contribution in [0.5, 0.6) is 5.75 Å². The van der Waals surface area contributed by atoms with E-state index in [-0.39, 0.29) is 24.5 Å². The summed E-state index contributed by atoms with van der Waals surface area (Å²) in [6.07, 6.45) is 1.68. The molecule has 0 unspecified atom stereocenters. The number of benzene rings is 1. The normalized spacial score (nSPS) is 10.1. The number of hydrogen-bond acceptors (Lipinski definition) is 3. The largest absolute Gasteiger partial charge is 0.491 e. The van der Waals surface area contributed by atoms with Gasteiger partial charge >= 0.3 is 0 Å². The standard InChI is InChI=1S/C16H22N2O3/c1-5-10-17-16(20)11-18(13(4)19)14-6-8-15(9-7-14)21-12(2)3/h5-9,12H,1,10-11H2,2-4H3,(H,17,20). The van der Waals surface area contributed by atoms with Gasteiger partial charge in [0.2, 0.25) is 11.8 Å². The molecule has 21 heavy (non-hydrogen) atoms. The molecule has 0 spiro atoms. The molecule has 0 aliphatic heterocycles. The fourth-order valence-corrected chi connectivity index (χ4v) is 1.75. The fraction of sp³-hybridized carbons (Fsp3) is 0.375. The average molecular weight is 290 g/mol. The maximum absolute atomic E-state index is 11.7. The fourth-order valence-electron chi connectivity index (χ4n) is 1.75. The maximum atomic E-state index is 11.7. The van der Waals surface area contributed by atoms with Gasteiger partial charge in [-0.25, -0.2) is 0 Å². The molecule has 1 N–H and O–H groups in total. The zero-order valence-corrected chi connectivity index (χ0v) is 12.8. The number of ether oxygens (including phenoxy) is 1. The minimum atomic E-state index is -0.229. The number of rotatable bonds is 7. The van der Waals surface area contributed by atoms with E-state index in [0.717, 1.165) is 5.75 Å². The van der Waals surface area contributed by atoms with Crippen molar-refractivity contribution >= 4 is 17.5 Å². The third kappa shape index (κ3) is 5.69. The Kier molecular flexibility index (Phi) is 6.46. The lowest BCUT2D eigenvalue weighted by molar-refractivity contribution is -0.122. The first-order chi connectivity index (χ1) is 9.93. The first-order valence-corrected chi connectivity index (χ1v) is 6.86. The lowest BCUT2D eigenvalue weighted by Gasteiger charge is -2.21. The molecule has 0 saturated heterocycles. The highest BCUT2D eigenvalue weighted by atomic mass is 16.5. The van der Waals surface area contributed by atoms with Crippen LogP contribution in [0.2, 0.25) is 0 Å². The highest BCUT2D eigenvalue weighted by Crippen LogP contribution is 2.20. The maximum Gasteiger partial charge on any atom is 0.240 e. The van der Waals surface area contributed by atoms with E-state index in [1.54, 1.807) is 30.3 Å². The van der Waals surface area contributed by atoms with Gasteiger partial charge < -0.3 is 15.0 Å². The molecule has 0 heterocycles. The van der Waals surface area contributed by atoms with Crippen LogP contribution in [0.3, 0.4) is 0 Å². The van der Waals surface area contributed by atoms with Crippen LogP contribution in [-0.4, -0.2) is 31.0 Å². The molecule has 1 aromatic rings. The van der Waals surface area contributed by atoms with Gasteiger partial charge in [0.25, 0.3) is 0 Å². The highest BCUT2D eigenvalue weighted by molar-refractivity contribution is 5.97. The second-order valence-corrected chi connectivity index (χ2v) is 4.86. The Labute approximate surface area is 125 Å². The van der Waals surface area contributed by atoms with E-state index in [1.165, 1.54) is 11.8 Å². The summed E-state index contributed by atoms with van der Waals surface area (Å²) in [7, 11) is 0. The van der Waals surface area contributed by atoms with E-state index in [4.69, 9.17) is 4.74 Å². The second-order valence-electron chi connectivity index (χ2n) is 4.86. The van der Waals surface area contributed by atoms with Crippen molar-refractivity contribution in [2.75, 3.05) is 18.0 Å². The molecule has 114 valence electrons. The third-order valence-corrected chi connectivity index (χ3v) is 2.65. The van der Waals surface area contributed by atoms with Crippen LogP contribution in [0, 0.1) is 0 Å². The van der Waals surface area contributed by atoms with Crippen molar-refractivity contribution in [1.82, 2.24) is 5.32 Å². The summed E-state index contributed by atoms with van der Waals surface area (Å²) in [5, 5.41) is 2.65. The highest BCUT2D eigenvalue weighted by Gasteiger charge is 2.15. The molecule has 2 amide bonds. The molecule has 0 aromatic heterocycles. The number of amides is 2. The van der Waals surface area contributed by atoms with Crippen molar-refractivity contribution in [1.29, 1.82) is 0 Å². The lowest BCUT2D eigenvalue weighted by atomic mass is 10.2. The van der Waals surface area contributed by atoms with Gasteiger partial charge in [0, 0.05) is 19.2 Å². The van der Waals surface area contributed by atoms with Crippen LogP contribution in [0.1, 0.15) is 20.8 Å². The Hall–Kier alpha value is -2.30. The number of nitrogens with zero attached hydrogens (tertiary/aromatic N) is 1. The summed E-state index contributed by atoms with van der Waals surface area (Å²) in [6, 6.07) is 7.10. The van der Waals surface area contributed by atoms with Crippen LogP contribution in [0.4, 0.5) is 5.69 Å². The van der Waals surface area contributed by atoms with Gasteiger partial charge in [0.1, 0.15) is 12.3 Å². The first kappa shape index (κ1) is 16.8. The van der Waals surface area contributed by atoms with E-state index in [9.17, 15) is 9.59 Å². The number of carbonyl (C=O) groups excluding carboxylic acids is 2. The summed E-state index contributed by atoms with van der Waals surface area (Å²) in [4.78, 5) is 24.9. The Bertz CT molecular complexity index is 495. The molecule has 5 heteroatoms. The van der Waals surface area contributed by atoms with Gasteiger partial charge in [0.05, 0.1) is 6.10 Å². The topological polar surface area (TPSA) is 58.6 Å². The Morgan fingerprint density at radius 1 is 1.33 bits per heavy atom. The molecule has 1 rings (SSSR count). The van der Waals surface area contributed by atoms with Gasteiger partial charge in [-0.2, -0.15) is 0 Å². The molecule has 0 bridgehead atoms. The minimum Gasteiger partial charge on any atom is -0.491 e. The zero-order valence-electron chi connectivity index (χ0n) is 12.8. The molecule has 5 nitrogen and oxygen atoms in total. The number of nitrogens with one attached hydrogen (secondary N) is 1. The van der Waals surface area contributed by atoms with Crippen LogP contribution in [0.15, 0.2) is 36.9 Å². The summed E-state index contributed by atoms with van der Waals surface area (Å²) < 4.78 is 5.55. The second kappa shape index (κ2) is 8.09. The summed E-state index contributed by atoms with van der Waals surface area (Å²) in [6.45, 7) is 9.21.